The smallest absolute Gasteiger partial charge is 0.264 e. The van der Waals surface area contributed by atoms with Crippen molar-refractivity contribution in [2.24, 2.45) is 5.73 Å². The third-order valence-corrected chi connectivity index (χ3v) is 4.09. The van der Waals surface area contributed by atoms with E-state index in [2.05, 4.69) is 0 Å². The van der Waals surface area contributed by atoms with Crippen molar-refractivity contribution in [3.05, 3.63) is 59.4 Å². The Morgan fingerprint density at radius 3 is 2.36 bits per heavy atom. The molecule has 3 N–H and O–H groups in total. The Hall–Kier alpha value is -2.55. The average molecular weight is 330 g/mol. The monoisotopic (exact) mass is 330 g/mol. The van der Waals surface area contributed by atoms with Crippen molar-refractivity contribution < 1.29 is 26.4 Å². The molecular weight excluding hydrogens is 321 g/mol. The van der Waals surface area contributed by atoms with Crippen molar-refractivity contribution in [1.29, 1.82) is 0 Å². The number of amides is 1. The van der Waals surface area contributed by atoms with E-state index in [1.54, 1.807) is 0 Å². The number of sulfonamides is 1. The summed E-state index contributed by atoms with van der Waals surface area (Å²) in [6.07, 6.45) is 0. The Kier molecular flexibility index (Phi) is 4.09. The summed E-state index contributed by atoms with van der Waals surface area (Å²) < 4.78 is 65.5. The van der Waals surface area contributed by atoms with Crippen LogP contribution in [0.2, 0.25) is 0 Å². The minimum atomic E-state index is -4.51. The van der Waals surface area contributed by atoms with Crippen LogP contribution in [-0.4, -0.2) is 14.3 Å². The highest BCUT2D eigenvalue weighted by Gasteiger charge is 2.24. The van der Waals surface area contributed by atoms with Crippen LogP contribution in [0.25, 0.3) is 0 Å². The molecule has 0 aromatic heterocycles. The number of hydrogen-bond donors (Lipinski definition) is 2. The number of carbonyl (C=O) groups is 1. The first-order valence-electron chi connectivity index (χ1n) is 5.78. The Labute approximate surface area is 123 Å². The van der Waals surface area contributed by atoms with Crippen molar-refractivity contribution in [1.82, 2.24) is 0 Å². The number of carbonyl (C=O) groups excluding carboxylic acids is 1. The summed E-state index contributed by atoms with van der Waals surface area (Å²) in [6, 6.07) is 6.18. The van der Waals surface area contributed by atoms with Crippen LogP contribution in [0.3, 0.4) is 0 Å². The van der Waals surface area contributed by atoms with Crippen LogP contribution in [0.5, 0.6) is 0 Å². The van der Waals surface area contributed by atoms with Gasteiger partial charge in [0.25, 0.3) is 10.0 Å². The van der Waals surface area contributed by atoms with Crippen LogP contribution in [0.1, 0.15) is 10.4 Å². The fraction of sp³-hybridized carbons (Fsp3) is 0. The van der Waals surface area contributed by atoms with Gasteiger partial charge in [-0.25, -0.2) is 21.6 Å². The zero-order valence-electron chi connectivity index (χ0n) is 10.8. The SMILES string of the molecule is NC(=O)c1cccc(NS(=O)(=O)c2ccc(F)c(F)c2F)c1. The molecule has 0 bridgehead atoms. The molecule has 1 amide bonds. The molecule has 0 radical (unpaired) electrons. The standard InChI is InChI=1S/C13H9F3N2O3S/c14-9-4-5-10(12(16)11(9)15)22(20,21)18-8-3-1-2-7(6-8)13(17)19/h1-6,18H,(H2,17,19). The molecule has 2 aromatic carbocycles. The van der Waals surface area contributed by atoms with Gasteiger partial charge in [0.1, 0.15) is 4.90 Å². The fourth-order valence-corrected chi connectivity index (χ4v) is 2.78. The van der Waals surface area contributed by atoms with Gasteiger partial charge in [-0.1, -0.05) is 6.07 Å². The molecule has 5 nitrogen and oxygen atoms in total. The van der Waals surface area contributed by atoms with Gasteiger partial charge >= 0.3 is 0 Å². The number of rotatable bonds is 4. The van der Waals surface area contributed by atoms with E-state index < -0.39 is 38.3 Å². The summed E-state index contributed by atoms with van der Waals surface area (Å²) in [5.41, 5.74) is 4.99. The maximum Gasteiger partial charge on any atom is 0.264 e. The van der Waals surface area contributed by atoms with E-state index in [0.29, 0.717) is 12.1 Å². The van der Waals surface area contributed by atoms with Gasteiger partial charge in [0.05, 0.1) is 0 Å². The van der Waals surface area contributed by atoms with Crippen LogP contribution in [0, 0.1) is 17.5 Å². The van der Waals surface area contributed by atoms with Crippen molar-refractivity contribution >= 4 is 21.6 Å². The van der Waals surface area contributed by atoms with Crippen LogP contribution in [0.15, 0.2) is 41.3 Å². The fourth-order valence-electron chi connectivity index (χ4n) is 1.66. The van der Waals surface area contributed by atoms with Crippen molar-refractivity contribution in [2.45, 2.75) is 4.90 Å². The van der Waals surface area contributed by atoms with Crippen molar-refractivity contribution in [3.63, 3.8) is 0 Å². The second kappa shape index (κ2) is 5.68. The van der Waals surface area contributed by atoms with E-state index in [1.165, 1.54) is 18.2 Å². The molecule has 22 heavy (non-hydrogen) atoms. The predicted octanol–water partition coefficient (Wildman–Crippen LogP) is 2.00. The summed E-state index contributed by atoms with van der Waals surface area (Å²) in [7, 11) is -4.51. The number of primary amides is 1. The zero-order chi connectivity index (χ0) is 16.5. The second-order valence-corrected chi connectivity index (χ2v) is 5.87. The van der Waals surface area contributed by atoms with Crippen LogP contribution in [0.4, 0.5) is 18.9 Å². The lowest BCUT2D eigenvalue weighted by Crippen LogP contribution is -2.17. The Balaban J connectivity index is 2.42. The lowest BCUT2D eigenvalue weighted by atomic mass is 10.2. The van der Waals surface area contributed by atoms with Gasteiger partial charge in [0.2, 0.25) is 5.91 Å². The zero-order valence-corrected chi connectivity index (χ0v) is 11.6. The summed E-state index contributed by atoms with van der Waals surface area (Å²) in [6.45, 7) is 0. The molecule has 2 rings (SSSR count). The quantitative estimate of drug-likeness (QED) is 0.840. The molecule has 0 atom stereocenters. The van der Waals surface area contributed by atoms with Gasteiger partial charge in [-0.05, 0) is 30.3 Å². The molecule has 0 fully saturated rings. The Morgan fingerprint density at radius 2 is 1.73 bits per heavy atom. The highest BCUT2D eigenvalue weighted by atomic mass is 32.2. The Bertz CT molecular complexity index is 854. The maximum absolute atomic E-state index is 13.6. The first-order chi connectivity index (χ1) is 10.2. The highest BCUT2D eigenvalue weighted by molar-refractivity contribution is 7.92. The maximum atomic E-state index is 13.6. The topological polar surface area (TPSA) is 89.3 Å². The van der Waals surface area contributed by atoms with Crippen molar-refractivity contribution in [2.75, 3.05) is 4.72 Å². The third kappa shape index (κ3) is 3.03. The number of hydrogen-bond acceptors (Lipinski definition) is 3. The largest absolute Gasteiger partial charge is 0.366 e. The first-order valence-corrected chi connectivity index (χ1v) is 7.27. The van der Waals surface area contributed by atoms with E-state index in [9.17, 15) is 26.4 Å². The number of anilines is 1. The lowest BCUT2D eigenvalue weighted by molar-refractivity contribution is 0.100. The highest BCUT2D eigenvalue weighted by Crippen LogP contribution is 2.22. The van der Waals surface area contributed by atoms with Crippen LogP contribution in [-0.2, 0) is 10.0 Å². The molecule has 2 aromatic rings. The van der Waals surface area contributed by atoms with Crippen LogP contribution >= 0.6 is 0 Å². The van der Waals surface area contributed by atoms with Crippen LogP contribution < -0.4 is 10.5 Å². The molecule has 0 aliphatic rings. The van der Waals surface area contributed by atoms with Gasteiger partial charge < -0.3 is 5.73 Å². The average Bonchev–Trinajstić information content (AvgIpc) is 2.44. The molecule has 0 spiro atoms. The Morgan fingerprint density at radius 1 is 1.05 bits per heavy atom. The van der Waals surface area contributed by atoms with Gasteiger partial charge in [-0.15, -0.1) is 0 Å². The van der Waals surface area contributed by atoms with Gasteiger partial charge in [0.15, 0.2) is 17.5 Å². The molecule has 0 saturated carbocycles. The van der Waals surface area contributed by atoms with Gasteiger partial charge in [-0.2, -0.15) is 0 Å². The lowest BCUT2D eigenvalue weighted by Gasteiger charge is -2.10. The molecule has 0 unspecified atom stereocenters. The van der Waals surface area contributed by atoms with E-state index in [1.807, 2.05) is 4.72 Å². The predicted molar refractivity (Wildman–Crippen MR) is 72.1 cm³/mol. The molecule has 0 heterocycles. The number of benzene rings is 2. The number of nitrogens with one attached hydrogen (secondary N) is 1. The molecule has 9 heteroatoms. The van der Waals surface area contributed by atoms with E-state index in [0.717, 1.165) is 6.07 Å². The van der Waals surface area contributed by atoms with Gasteiger partial charge in [-0.3, -0.25) is 9.52 Å². The summed E-state index contributed by atoms with van der Waals surface area (Å²) in [5.74, 6) is -6.03. The normalized spacial score (nSPS) is 11.2. The number of nitrogens with two attached hydrogens (primary N) is 1. The van der Waals surface area contributed by atoms with E-state index in [4.69, 9.17) is 5.73 Å². The summed E-state index contributed by atoms with van der Waals surface area (Å²) in [4.78, 5) is 9.96. The van der Waals surface area contributed by atoms with Crippen molar-refractivity contribution in [3.8, 4) is 0 Å². The molecular formula is C13H9F3N2O3S. The molecule has 0 aliphatic carbocycles. The first kappa shape index (κ1) is 15.8. The molecule has 0 saturated heterocycles. The summed E-state index contributed by atoms with van der Waals surface area (Å²) in [5, 5.41) is 0. The molecule has 0 aliphatic heterocycles. The van der Waals surface area contributed by atoms with Gasteiger partial charge in [0, 0.05) is 11.3 Å². The number of halogens is 3. The van der Waals surface area contributed by atoms with E-state index >= 15 is 0 Å². The minimum Gasteiger partial charge on any atom is -0.366 e. The third-order valence-electron chi connectivity index (χ3n) is 2.69. The molecule has 116 valence electrons. The summed E-state index contributed by atoms with van der Waals surface area (Å²) >= 11 is 0. The minimum absolute atomic E-state index is 0.0194. The van der Waals surface area contributed by atoms with E-state index in [-0.39, 0.29) is 11.3 Å². The second-order valence-electron chi connectivity index (χ2n) is 4.22.